The molecule has 1 aromatic carbocycles. The van der Waals surface area contributed by atoms with E-state index in [0.29, 0.717) is 23.2 Å². The van der Waals surface area contributed by atoms with Crippen molar-refractivity contribution in [3.8, 4) is 17.1 Å². The van der Waals surface area contributed by atoms with Crippen molar-refractivity contribution in [2.24, 2.45) is 0 Å². The topological polar surface area (TPSA) is 90.1 Å². The van der Waals surface area contributed by atoms with E-state index < -0.39 is 6.04 Å². The van der Waals surface area contributed by atoms with Gasteiger partial charge in [-0.25, -0.2) is 4.98 Å². The second-order valence-corrected chi connectivity index (χ2v) is 5.44. The first kappa shape index (κ1) is 15.2. The van der Waals surface area contributed by atoms with Gasteiger partial charge in [-0.2, -0.15) is 4.98 Å². The molecule has 1 amide bonds. The first-order chi connectivity index (χ1) is 11.2. The predicted molar refractivity (Wildman–Crippen MR) is 84.3 cm³/mol. The number of hydrogen-bond donors (Lipinski definition) is 1. The summed E-state index contributed by atoms with van der Waals surface area (Å²) in [6.45, 7) is 1.77. The lowest BCUT2D eigenvalue weighted by Gasteiger charge is -2.07. The fourth-order valence-corrected chi connectivity index (χ4v) is 2.54. The zero-order valence-electron chi connectivity index (χ0n) is 12.5. The summed E-state index contributed by atoms with van der Waals surface area (Å²) >= 11 is 1.36. The predicted octanol–water partition coefficient (Wildman–Crippen LogP) is 2.69. The Labute approximate surface area is 136 Å². The molecule has 0 unspecified atom stereocenters. The van der Waals surface area contributed by atoms with Crippen molar-refractivity contribution in [2.75, 3.05) is 7.11 Å². The van der Waals surface area contributed by atoms with Crippen molar-refractivity contribution in [2.45, 2.75) is 13.0 Å². The highest BCUT2D eigenvalue weighted by atomic mass is 32.1. The van der Waals surface area contributed by atoms with Crippen LogP contribution in [0.2, 0.25) is 0 Å². The fourth-order valence-electron chi connectivity index (χ4n) is 2.01. The zero-order valence-corrected chi connectivity index (χ0v) is 13.3. The quantitative estimate of drug-likeness (QED) is 0.773. The molecule has 0 aliphatic carbocycles. The summed E-state index contributed by atoms with van der Waals surface area (Å²) in [7, 11) is 1.58. The standard InChI is InChI=1S/C15H14N4O3S/c1-9(17-14(20)11-7-23-8-16-11)15-18-13(19-22-15)10-5-3-4-6-12(10)21-2/h3-9H,1-2H3,(H,17,20)/t9-/m0/s1. The Morgan fingerprint density at radius 2 is 2.22 bits per heavy atom. The third kappa shape index (κ3) is 3.21. The highest BCUT2D eigenvalue weighted by molar-refractivity contribution is 7.07. The molecule has 118 valence electrons. The van der Waals surface area contributed by atoms with Crippen molar-refractivity contribution in [3.63, 3.8) is 0 Å². The summed E-state index contributed by atoms with van der Waals surface area (Å²) in [6.07, 6.45) is 0. The van der Waals surface area contributed by atoms with Crippen LogP contribution in [-0.4, -0.2) is 28.1 Å². The number of benzene rings is 1. The van der Waals surface area contributed by atoms with Gasteiger partial charge in [0.05, 0.1) is 18.2 Å². The van der Waals surface area contributed by atoms with Crippen LogP contribution in [0, 0.1) is 0 Å². The molecule has 0 saturated heterocycles. The van der Waals surface area contributed by atoms with Gasteiger partial charge in [0.25, 0.3) is 5.91 Å². The Morgan fingerprint density at radius 1 is 1.39 bits per heavy atom. The number of amides is 1. The number of rotatable bonds is 5. The molecule has 0 spiro atoms. The highest BCUT2D eigenvalue weighted by Gasteiger charge is 2.20. The molecule has 0 saturated carbocycles. The van der Waals surface area contributed by atoms with Gasteiger partial charge in [0.1, 0.15) is 17.5 Å². The summed E-state index contributed by atoms with van der Waals surface area (Å²) in [5.41, 5.74) is 2.70. The van der Waals surface area contributed by atoms with E-state index in [1.807, 2.05) is 24.3 Å². The minimum Gasteiger partial charge on any atom is -0.496 e. The molecule has 7 nitrogen and oxygen atoms in total. The van der Waals surface area contributed by atoms with Gasteiger partial charge in [0, 0.05) is 5.38 Å². The van der Waals surface area contributed by atoms with Gasteiger partial charge in [0.15, 0.2) is 0 Å². The van der Waals surface area contributed by atoms with Gasteiger partial charge in [0.2, 0.25) is 11.7 Å². The van der Waals surface area contributed by atoms with Crippen LogP contribution in [0.5, 0.6) is 5.75 Å². The van der Waals surface area contributed by atoms with E-state index in [2.05, 4.69) is 20.4 Å². The number of thiazole rings is 1. The number of nitrogens with one attached hydrogen (secondary N) is 1. The maximum atomic E-state index is 12.0. The molecule has 0 radical (unpaired) electrons. The Hall–Kier alpha value is -2.74. The summed E-state index contributed by atoms with van der Waals surface area (Å²) in [5, 5.41) is 8.40. The second-order valence-electron chi connectivity index (χ2n) is 4.73. The van der Waals surface area contributed by atoms with Crippen LogP contribution in [0.15, 0.2) is 39.7 Å². The number of ether oxygens (including phenoxy) is 1. The molecule has 1 N–H and O–H groups in total. The average Bonchev–Trinajstić information content (AvgIpc) is 3.26. The third-order valence-corrected chi connectivity index (χ3v) is 3.76. The smallest absolute Gasteiger partial charge is 0.271 e. The summed E-state index contributed by atoms with van der Waals surface area (Å²) in [6, 6.07) is 6.95. The van der Waals surface area contributed by atoms with Crippen molar-refractivity contribution < 1.29 is 14.1 Å². The normalized spacial score (nSPS) is 11.9. The third-order valence-electron chi connectivity index (χ3n) is 3.17. The molecular weight excluding hydrogens is 316 g/mol. The maximum absolute atomic E-state index is 12.0. The molecule has 0 bridgehead atoms. The molecule has 0 fully saturated rings. The molecule has 2 aromatic heterocycles. The Bertz CT molecular complexity index is 801. The molecular formula is C15H14N4O3S. The summed E-state index contributed by atoms with van der Waals surface area (Å²) in [5.74, 6) is 1.09. The Balaban J connectivity index is 1.77. The van der Waals surface area contributed by atoms with Crippen LogP contribution in [0.25, 0.3) is 11.4 Å². The average molecular weight is 330 g/mol. The summed E-state index contributed by atoms with van der Waals surface area (Å²) < 4.78 is 10.5. The number of carbonyl (C=O) groups is 1. The van der Waals surface area contributed by atoms with Crippen molar-refractivity contribution in [1.82, 2.24) is 20.4 Å². The van der Waals surface area contributed by atoms with Gasteiger partial charge < -0.3 is 14.6 Å². The molecule has 2 heterocycles. The summed E-state index contributed by atoms with van der Waals surface area (Å²) in [4.78, 5) is 20.3. The number of methoxy groups -OCH3 is 1. The molecule has 23 heavy (non-hydrogen) atoms. The van der Waals surface area contributed by atoms with Gasteiger partial charge >= 0.3 is 0 Å². The van der Waals surface area contributed by atoms with Crippen LogP contribution in [-0.2, 0) is 0 Å². The Kier molecular flexibility index (Phi) is 4.33. The minimum atomic E-state index is -0.430. The molecule has 0 aliphatic heterocycles. The van der Waals surface area contributed by atoms with E-state index in [-0.39, 0.29) is 5.91 Å². The molecule has 3 rings (SSSR count). The SMILES string of the molecule is COc1ccccc1-c1noc([C@H](C)NC(=O)c2cscn2)n1. The van der Waals surface area contributed by atoms with E-state index in [1.165, 1.54) is 11.3 Å². The highest BCUT2D eigenvalue weighted by Crippen LogP contribution is 2.27. The van der Waals surface area contributed by atoms with E-state index in [9.17, 15) is 4.79 Å². The first-order valence-corrected chi connectivity index (χ1v) is 7.79. The van der Waals surface area contributed by atoms with E-state index in [1.54, 1.807) is 24.9 Å². The Morgan fingerprint density at radius 3 is 2.96 bits per heavy atom. The van der Waals surface area contributed by atoms with Crippen LogP contribution < -0.4 is 10.1 Å². The van der Waals surface area contributed by atoms with E-state index >= 15 is 0 Å². The van der Waals surface area contributed by atoms with E-state index in [4.69, 9.17) is 9.26 Å². The van der Waals surface area contributed by atoms with E-state index in [0.717, 1.165) is 5.56 Å². The monoisotopic (exact) mass is 330 g/mol. The van der Waals surface area contributed by atoms with Crippen molar-refractivity contribution in [3.05, 3.63) is 46.7 Å². The minimum absolute atomic E-state index is 0.282. The van der Waals surface area contributed by atoms with Crippen LogP contribution >= 0.6 is 11.3 Å². The lowest BCUT2D eigenvalue weighted by molar-refractivity contribution is 0.0928. The van der Waals surface area contributed by atoms with Crippen LogP contribution in [0.4, 0.5) is 0 Å². The molecule has 8 heteroatoms. The lowest BCUT2D eigenvalue weighted by Crippen LogP contribution is -2.27. The molecule has 1 atom stereocenters. The number of para-hydroxylation sites is 1. The first-order valence-electron chi connectivity index (χ1n) is 6.85. The fraction of sp³-hybridized carbons (Fsp3) is 0.200. The maximum Gasteiger partial charge on any atom is 0.271 e. The van der Waals surface area contributed by atoms with Crippen molar-refractivity contribution >= 4 is 17.2 Å². The van der Waals surface area contributed by atoms with Gasteiger partial charge in [-0.15, -0.1) is 11.3 Å². The zero-order chi connectivity index (χ0) is 16.2. The number of aromatic nitrogens is 3. The second kappa shape index (κ2) is 6.57. The number of carbonyl (C=O) groups excluding carboxylic acids is 1. The number of hydrogen-bond acceptors (Lipinski definition) is 7. The van der Waals surface area contributed by atoms with Gasteiger partial charge in [-0.3, -0.25) is 4.79 Å². The van der Waals surface area contributed by atoms with Crippen molar-refractivity contribution in [1.29, 1.82) is 0 Å². The van der Waals surface area contributed by atoms with Gasteiger partial charge in [-0.05, 0) is 19.1 Å². The largest absolute Gasteiger partial charge is 0.496 e. The lowest BCUT2D eigenvalue weighted by atomic mass is 10.2. The van der Waals surface area contributed by atoms with Gasteiger partial charge in [-0.1, -0.05) is 17.3 Å². The number of nitrogens with zero attached hydrogens (tertiary/aromatic N) is 3. The van der Waals surface area contributed by atoms with Crippen LogP contribution in [0.3, 0.4) is 0 Å². The molecule has 3 aromatic rings. The molecule has 0 aliphatic rings. The van der Waals surface area contributed by atoms with Crippen LogP contribution in [0.1, 0.15) is 29.3 Å².